The summed E-state index contributed by atoms with van der Waals surface area (Å²) in [6.07, 6.45) is -0.757. The SMILES string of the molecule is CNC[C@@H]1CC[C@@H](N)[C@@H](O[C@H]2[C@H](O)[C@H](N(C)C(=O)CNC=O)[C@@H](OC)C[C@H]2N)O1. The first kappa shape index (κ1) is 23.9. The zero-order valence-electron chi connectivity index (χ0n) is 17.3. The maximum absolute atomic E-state index is 12.4. The van der Waals surface area contributed by atoms with E-state index in [9.17, 15) is 14.7 Å². The Bertz CT molecular complexity index is 541. The van der Waals surface area contributed by atoms with Crippen LogP contribution in [0.4, 0.5) is 0 Å². The molecule has 8 atom stereocenters. The molecule has 1 heterocycles. The second kappa shape index (κ2) is 11.2. The van der Waals surface area contributed by atoms with Crippen LogP contribution in [0.3, 0.4) is 0 Å². The Morgan fingerprint density at radius 3 is 2.69 bits per heavy atom. The monoisotopic (exact) mass is 417 g/mol. The lowest BCUT2D eigenvalue weighted by atomic mass is 9.83. The van der Waals surface area contributed by atoms with Gasteiger partial charge in [0.15, 0.2) is 6.29 Å². The van der Waals surface area contributed by atoms with Gasteiger partial charge in [-0.2, -0.15) is 0 Å². The van der Waals surface area contributed by atoms with Crippen LogP contribution in [0.1, 0.15) is 19.3 Å². The Kier molecular flexibility index (Phi) is 9.21. The fourth-order valence-electron chi connectivity index (χ4n) is 4.06. The number of carbonyl (C=O) groups is 2. The number of carbonyl (C=O) groups excluding carboxylic acids is 2. The molecule has 0 spiro atoms. The van der Waals surface area contributed by atoms with Gasteiger partial charge < -0.3 is 46.3 Å². The smallest absolute Gasteiger partial charge is 0.242 e. The molecule has 0 aromatic carbocycles. The maximum Gasteiger partial charge on any atom is 0.242 e. The number of nitrogens with one attached hydrogen (secondary N) is 2. The fraction of sp³-hybridized carbons (Fsp3) is 0.889. The van der Waals surface area contributed by atoms with Crippen molar-refractivity contribution in [1.82, 2.24) is 15.5 Å². The molecule has 29 heavy (non-hydrogen) atoms. The van der Waals surface area contributed by atoms with E-state index in [4.69, 9.17) is 25.7 Å². The minimum atomic E-state index is -1.12. The van der Waals surface area contributed by atoms with Gasteiger partial charge in [0.1, 0.15) is 12.2 Å². The van der Waals surface area contributed by atoms with E-state index in [1.54, 1.807) is 7.05 Å². The van der Waals surface area contributed by atoms with Crippen LogP contribution < -0.4 is 22.1 Å². The summed E-state index contributed by atoms with van der Waals surface area (Å²) in [5, 5.41) is 16.5. The summed E-state index contributed by atoms with van der Waals surface area (Å²) in [4.78, 5) is 24.2. The third-order valence-electron chi connectivity index (χ3n) is 5.70. The largest absolute Gasteiger partial charge is 0.388 e. The molecule has 2 amide bonds. The van der Waals surface area contributed by atoms with Gasteiger partial charge in [0.2, 0.25) is 12.3 Å². The van der Waals surface area contributed by atoms with Gasteiger partial charge in [-0.3, -0.25) is 9.59 Å². The first-order chi connectivity index (χ1) is 13.8. The lowest BCUT2D eigenvalue weighted by Gasteiger charge is -2.48. The van der Waals surface area contributed by atoms with E-state index in [0.717, 1.165) is 12.8 Å². The van der Waals surface area contributed by atoms with Crippen LogP contribution in [0.5, 0.6) is 0 Å². The summed E-state index contributed by atoms with van der Waals surface area (Å²) >= 11 is 0. The average molecular weight is 418 g/mol. The topological polar surface area (TPSA) is 161 Å². The van der Waals surface area contributed by atoms with Gasteiger partial charge in [-0.05, 0) is 26.3 Å². The average Bonchev–Trinajstić information content (AvgIpc) is 2.70. The summed E-state index contributed by atoms with van der Waals surface area (Å²) in [6.45, 7) is 0.487. The number of nitrogens with zero attached hydrogens (tertiary/aromatic N) is 1. The Balaban J connectivity index is 2.12. The number of rotatable bonds is 9. The number of hydrogen-bond donors (Lipinski definition) is 5. The van der Waals surface area contributed by atoms with Crippen LogP contribution in [0.15, 0.2) is 0 Å². The molecule has 0 unspecified atom stereocenters. The van der Waals surface area contributed by atoms with Crippen molar-refractivity contribution in [3.8, 4) is 0 Å². The third-order valence-corrected chi connectivity index (χ3v) is 5.70. The number of likely N-dealkylation sites (N-methyl/N-ethyl adjacent to an activating group) is 2. The summed E-state index contributed by atoms with van der Waals surface area (Å²) in [7, 11) is 4.90. The van der Waals surface area contributed by atoms with Gasteiger partial charge in [-0.1, -0.05) is 0 Å². The Labute approximate surface area is 171 Å². The molecule has 2 fully saturated rings. The summed E-state index contributed by atoms with van der Waals surface area (Å²) < 4.78 is 17.5. The second-order valence-electron chi connectivity index (χ2n) is 7.68. The first-order valence-corrected chi connectivity index (χ1v) is 9.94. The zero-order valence-corrected chi connectivity index (χ0v) is 17.3. The van der Waals surface area contributed by atoms with Crippen LogP contribution in [0.2, 0.25) is 0 Å². The predicted molar refractivity (Wildman–Crippen MR) is 105 cm³/mol. The molecule has 11 nitrogen and oxygen atoms in total. The number of methoxy groups -OCH3 is 1. The van der Waals surface area contributed by atoms with Crippen molar-refractivity contribution in [2.75, 3.05) is 34.3 Å². The molecule has 1 saturated carbocycles. The number of aliphatic hydroxyl groups is 1. The Morgan fingerprint density at radius 1 is 1.34 bits per heavy atom. The standard InChI is InChI=1S/C18H35N5O6/c1-21-7-10-4-5-11(19)18(28-10)29-17-12(20)6-13(27-3)15(16(17)26)23(2)14(25)8-22-9-24/h9-13,15-18,21,26H,4-8,19-20H2,1-3H3,(H,22,24)/t10-,11+,12+,13-,15+,16+,17+,18+/m0/s1. The van der Waals surface area contributed by atoms with E-state index in [2.05, 4.69) is 10.6 Å². The van der Waals surface area contributed by atoms with Gasteiger partial charge in [0.25, 0.3) is 0 Å². The predicted octanol–water partition coefficient (Wildman–Crippen LogP) is -2.90. The van der Waals surface area contributed by atoms with Gasteiger partial charge in [-0.25, -0.2) is 0 Å². The molecule has 1 aliphatic heterocycles. The molecule has 1 saturated heterocycles. The molecular weight excluding hydrogens is 382 g/mol. The van der Waals surface area contributed by atoms with Crippen LogP contribution >= 0.6 is 0 Å². The Hall–Kier alpha value is -1.34. The molecule has 11 heteroatoms. The fourth-order valence-corrected chi connectivity index (χ4v) is 4.06. The van der Waals surface area contributed by atoms with Gasteiger partial charge in [0, 0.05) is 26.7 Å². The molecule has 0 aromatic heterocycles. The molecular formula is C18H35N5O6. The molecule has 1 aliphatic carbocycles. The quantitative estimate of drug-likeness (QED) is 0.248. The zero-order chi connectivity index (χ0) is 21.6. The Morgan fingerprint density at radius 2 is 2.07 bits per heavy atom. The highest BCUT2D eigenvalue weighted by Gasteiger charge is 2.48. The number of nitrogens with two attached hydrogens (primary N) is 2. The van der Waals surface area contributed by atoms with E-state index in [-0.39, 0.29) is 24.6 Å². The van der Waals surface area contributed by atoms with E-state index >= 15 is 0 Å². The maximum atomic E-state index is 12.4. The van der Waals surface area contributed by atoms with E-state index in [1.165, 1.54) is 12.0 Å². The summed E-state index contributed by atoms with van der Waals surface area (Å²) in [5.41, 5.74) is 12.4. The van der Waals surface area contributed by atoms with E-state index < -0.39 is 36.7 Å². The normalized spacial score (nSPS) is 37.7. The molecule has 2 rings (SSSR count). The van der Waals surface area contributed by atoms with Crippen molar-refractivity contribution in [2.24, 2.45) is 11.5 Å². The number of hydrogen-bond acceptors (Lipinski definition) is 9. The second-order valence-corrected chi connectivity index (χ2v) is 7.68. The van der Waals surface area contributed by atoms with E-state index in [1.807, 2.05) is 7.05 Å². The minimum absolute atomic E-state index is 0.0389. The highest BCUT2D eigenvalue weighted by Crippen LogP contribution is 2.30. The molecule has 168 valence electrons. The molecule has 2 aliphatic rings. The van der Waals surface area contributed by atoms with Crippen LogP contribution in [-0.4, -0.2) is 105 Å². The molecule has 0 aromatic rings. The van der Waals surface area contributed by atoms with Gasteiger partial charge in [-0.15, -0.1) is 0 Å². The van der Waals surface area contributed by atoms with Crippen molar-refractivity contribution < 1.29 is 28.9 Å². The molecule has 7 N–H and O–H groups in total. The van der Waals surface area contributed by atoms with Crippen molar-refractivity contribution >= 4 is 12.3 Å². The number of ether oxygens (including phenoxy) is 3. The summed E-state index contributed by atoms with van der Waals surface area (Å²) in [5.74, 6) is -0.364. The van der Waals surface area contributed by atoms with Crippen molar-refractivity contribution in [2.45, 2.75) is 68.1 Å². The highest BCUT2D eigenvalue weighted by molar-refractivity contribution is 5.80. The van der Waals surface area contributed by atoms with Crippen molar-refractivity contribution in [3.63, 3.8) is 0 Å². The van der Waals surface area contributed by atoms with Crippen molar-refractivity contribution in [1.29, 1.82) is 0 Å². The lowest BCUT2D eigenvalue weighted by molar-refractivity contribution is -0.254. The first-order valence-electron chi connectivity index (χ1n) is 9.94. The highest BCUT2D eigenvalue weighted by atomic mass is 16.7. The summed E-state index contributed by atoms with van der Waals surface area (Å²) in [6, 6.07) is -1.56. The third kappa shape index (κ3) is 5.85. The minimum Gasteiger partial charge on any atom is -0.388 e. The molecule has 0 bridgehead atoms. The number of amides is 2. The molecule has 0 radical (unpaired) electrons. The van der Waals surface area contributed by atoms with Gasteiger partial charge >= 0.3 is 0 Å². The van der Waals surface area contributed by atoms with Crippen LogP contribution in [-0.2, 0) is 23.8 Å². The lowest BCUT2D eigenvalue weighted by Crippen LogP contribution is -2.67. The van der Waals surface area contributed by atoms with Crippen LogP contribution in [0.25, 0.3) is 0 Å². The van der Waals surface area contributed by atoms with E-state index in [0.29, 0.717) is 19.4 Å². The van der Waals surface area contributed by atoms with Gasteiger partial charge in [0.05, 0.1) is 30.8 Å². The number of aliphatic hydroxyl groups excluding tert-OH is 1. The van der Waals surface area contributed by atoms with Crippen LogP contribution in [0, 0.1) is 0 Å². The van der Waals surface area contributed by atoms with Crippen molar-refractivity contribution in [3.05, 3.63) is 0 Å².